The van der Waals surface area contributed by atoms with E-state index < -0.39 is 0 Å². The Morgan fingerprint density at radius 3 is 2.43 bits per heavy atom. The highest BCUT2D eigenvalue weighted by atomic mass is 15.3. The van der Waals surface area contributed by atoms with Gasteiger partial charge in [0.1, 0.15) is 5.82 Å². The number of nitrogens with one attached hydrogen (secondary N) is 1. The van der Waals surface area contributed by atoms with E-state index in [0.29, 0.717) is 12.1 Å². The molecule has 1 N–H and O–H groups in total. The summed E-state index contributed by atoms with van der Waals surface area (Å²) in [5, 5.41) is 3.47. The van der Waals surface area contributed by atoms with Crippen molar-refractivity contribution in [1.29, 1.82) is 0 Å². The van der Waals surface area contributed by atoms with Gasteiger partial charge >= 0.3 is 0 Å². The van der Waals surface area contributed by atoms with Crippen molar-refractivity contribution in [2.75, 3.05) is 56.1 Å². The molecule has 116 valence electrons. The van der Waals surface area contributed by atoms with Crippen molar-refractivity contribution in [1.82, 2.24) is 20.2 Å². The number of piperazine rings is 2. The van der Waals surface area contributed by atoms with Crippen molar-refractivity contribution >= 4 is 11.8 Å². The molecule has 0 amide bonds. The highest BCUT2D eigenvalue weighted by Crippen LogP contribution is 2.22. The lowest BCUT2D eigenvalue weighted by molar-refractivity contribution is 0.311. The lowest BCUT2D eigenvalue weighted by atomic mass is 10.1. The van der Waals surface area contributed by atoms with Crippen LogP contribution in [0.4, 0.5) is 11.8 Å². The first kappa shape index (κ1) is 14.5. The van der Waals surface area contributed by atoms with Gasteiger partial charge in [0.05, 0.1) is 0 Å². The minimum absolute atomic E-state index is 0.462. The van der Waals surface area contributed by atoms with Crippen molar-refractivity contribution in [2.45, 2.75) is 25.9 Å². The fourth-order valence-corrected chi connectivity index (χ4v) is 3.23. The van der Waals surface area contributed by atoms with Crippen molar-refractivity contribution in [3.05, 3.63) is 12.3 Å². The molecule has 2 saturated heterocycles. The smallest absolute Gasteiger partial charge is 0.227 e. The van der Waals surface area contributed by atoms with Crippen LogP contribution in [0.1, 0.15) is 13.8 Å². The first-order valence-corrected chi connectivity index (χ1v) is 7.91. The number of likely N-dealkylation sites (N-methyl/N-ethyl adjacent to an activating group) is 1. The van der Waals surface area contributed by atoms with E-state index in [-0.39, 0.29) is 0 Å². The molecule has 2 aliphatic heterocycles. The topological polar surface area (TPSA) is 47.5 Å². The summed E-state index contributed by atoms with van der Waals surface area (Å²) < 4.78 is 0. The fourth-order valence-electron chi connectivity index (χ4n) is 3.23. The minimum Gasteiger partial charge on any atom is -0.348 e. The third-order valence-corrected chi connectivity index (χ3v) is 4.51. The molecule has 3 heterocycles. The average molecular weight is 290 g/mol. The van der Waals surface area contributed by atoms with Gasteiger partial charge in [-0.3, -0.25) is 0 Å². The number of hydrogen-bond donors (Lipinski definition) is 1. The van der Waals surface area contributed by atoms with Gasteiger partial charge in [0.15, 0.2) is 0 Å². The maximum absolute atomic E-state index is 4.84. The van der Waals surface area contributed by atoms with E-state index in [1.54, 1.807) is 0 Å². The van der Waals surface area contributed by atoms with Gasteiger partial charge in [-0.2, -0.15) is 4.98 Å². The second kappa shape index (κ2) is 6.15. The molecule has 3 rings (SSSR count). The Morgan fingerprint density at radius 1 is 1.10 bits per heavy atom. The lowest BCUT2D eigenvalue weighted by Gasteiger charge is -2.40. The summed E-state index contributed by atoms with van der Waals surface area (Å²) in [4.78, 5) is 16.4. The summed E-state index contributed by atoms with van der Waals surface area (Å²) >= 11 is 0. The van der Waals surface area contributed by atoms with Crippen molar-refractivity contribution in [3.8, 4) is 0 Å². The number of aromatic nitrogens is 2. The molecular weight excluding hydrogens is 264 g/mol. The Labute approximate surface area is 127 Å². The molecule has 0 unspecified atom stereocenters. The Morgan fingerprint density at radius 2 is 1.76 bits per heavy atom. The number of hydrogen-bond acceptors (Lipinski definition) is 6. The zero-order valence-electron chi connectivity index (χ0n) is 13.3. The van der Waals surface area contributed by atoms with Crippen LogP contribution in [0.2, 0.25) is 0 Å². The molecule has 6 nitrogen and oxygen atoms in total. The van der Waals surface area contributed by atoms with Gasteiger partial charge in [-0.1, -0.05) is 0 Å². The van der Waals surface area contributed by atoms with Crippen LogP contribution in [0.3, 0.4) is 0 Å². The van der Waals surface area contributed by atoms with Gasteiger partial charge in [-0.15, -0.1) is 0 Å². The molecule has 0 saturated carbocycles. The molecule has 2 fully saturated rings. The van der Waals surface area contributed by atoms with Crippen LogP contribution in [0.15, 0.2) is 12.3 Å². The molecule has 2 aliphatic rings. The second-order valence-corrected chi connectivity index (χ2v) is 6.27. The quantitative estimate of drug-likeness (QED) is 0.851. The Balaban J connectivity index is 1.79. The first-order chi connectivity index (χ1) is 10.1. The molecular formula is C15H26N6. The molecule has 0 aromatic carbocycles. The molecule has 6 heteroatoms. The monoisotopic (exact) mass is 290 g/mol. The molecule has 0 aliphatic carbocycles. The van der Waals surface area contributed by atoms with E-state index in [1.165, 1.54) is 0 Å². The molecule has 21 heavy (non-hydrogen) atoms. The molecule has 2 atom stereocenters. The summed E-state index contributed by atoms with van der Waals surface area (Å²) in [7, 11) is 2.17. The van der Waals surface area contributed by atoms with Gasteiger partial charge in [0.25, 0.3) is 0 Å². The third kappa shape index (κ3) is 3.11. The Kier molecular flexibility index (Phi) is 4.26. The van der Waals surface area contributed by atoms with E-state index in [1.807, 2.05) is 12.3 Å². The normalized spacial score (nSPS) is 28.0. The van der Waals surface area contributed by atoms with Crippen LogP contribution in [-0.4, -0.2) is 73.3 Å². The predicted molar refractivity (Wildman–Crippen MR) is 86.0 cm³/mol. The first-order valence-electron chi connectivity index (χ1n) is 7.91. The Bertz CT molecular complexity index is 461. The van der Waals surface area contributed by atoms with Gasteiger partial charge < -0.3 is 20.0 Å². The van der Waals surface area contributed by atoms with Crippen molar-refractivity contribution in [2.24, 2.45) is 0 Å². The highest BCUT2D eigenvalue weighted by Gasteiger charge is 2.26. The van der Waals surface area contributed by atoms with Gasteiger partial charge in [-0.05, 0) is 27.0 Å². The van der Waals surface area contributed by atoms with Crippen LogP contribution in [0.5, 0.6) is 0 Å². The maximum Gasteiger partial charge on any atom is 0.227 e. The molecule has 1 aromatic rings. The SMILES string of the molecule is C[C@@H]1CNC[C@H](C)N1c1ccnc(N2CCN(C)CC2)n1. The third-order valence-electron chi connectivity index (χ3n) is 4.51. The Hall–Kier alpha value is -1.40. The molecule has 0 radical (unpaired) electrons. The predicted octanol–water partition coefficient (Wildman–Crippen LogP) is 0.415. The van der Waals surface area contributed by atoms with E-state index >= 15 is 0 Å². The lowest BCUT2D eigenvalue weighted by Crippen LogP contribution is -2.55. The summed E-state index contributed by atoms with van der Waals surface area (Å²) in [6.45, 7) is 10.7. The van der Waals surface area contributed by atoms with E-state index in [2.05, 4.69) is 45.9 Å². The number of anilines is 2. The molecule has 0 bridgehead atoms. The number of rotatable bonds is 2. The van der Waals surface area contributed by atoms with E-state index in [0.717, 1.165) is 51.0 Å². The standard InChI is InChI=1S/C15H26N6/c1-12-10-16-11-13(2)21(12)14-4-5-17-15(18-14)20-8-6-19(3)7-9-20/h4-5,12-13,16H,6-11H2,1-3H3/t12-,13+. The number of nitrogens with zero attached hydrogens (tertiary/aromatic N) is 5. The van der Waals surface area contributed by atoms with Gasteiger partial charge in [-0.25, -0.2) is 4.98 Å². The zero-order chi connectivity index (χ0) is 14.8. The van der Waals surface area contributed by atoms with E-state index in [4.69, 9.17) is 4.98 Å². The van der Waals surface area contributed by atoms with Crippen LogP contribution >= 0.6 is 0 Å². The van der Waals surface area contributed by atoms with Gasteiger partial charge in [0, 0.05) is 57.5 Å². The van der Waals surface area contributed by atoms with Crippen LogP contribution in [0, 0.1) is 0 Å². The fraction of sp³-hybridized carbons (Fsp3) is 0.733. The summed E-state index contributed by atoms with van der Waals surface area (Å²) in [6, 6.07) is 2.96. The maximum atomic E-state index is 4.84. The van der Waals surface area contributed by atoms with Gasteiger partial charge in [0.2, 0.25) is 5.95 Å². The van der Waals surface area contributed by atoms with Crippen LogP contribution in [0.25, 0.3) is 0 Å². The second-order valence-electron chi connectivity index (χ2n) is 6.27. The molecule has 0 spiro atoms. The highest BCUT2D eigenvalue weighted by molar-refractivity contribution is 5.46. The zero-order valence-corrected chi connectivity index (χ0v) is 13.3. The largest absolute Gasteiger partial charge is 0.348 e. The summed E-state index contributed by atoms with van der Waals surface area (Å²) in [5.74, 6) is 1.93. The van der Waals surface area contributed by atoms with Crippen molar-refractivity contribution in [3.63, 3.8) is 0 Å². The summed E-state index contributed by atoms with van der Waals surface area (Å²) in [5.41, 5.74) is 0. The summed E-state index contributed by atoms with van der Waals surface area (Å²) in [6.07, 6.45) is 1.90. The van der Waals surface area contributed by atoms with Crippen LogP contribution < -0.4 is 15.1 Å². The van der Waals surface area contributed by atoms with E-state index in [9.17, 15) is 0 Å². The minimum atomic E-state index is 0.462. The van der Waals surface area contributed by atoms with Crippen LogP contribution in [-0.2, 0) is 0 Å². The molecule has 1 aromatic heterocycles. The van der Waals surface area contributed by atoms with Crippen molar-refractivity contribution < 1.29 is 0 Å². The average Bonchev–Trinajstić information content (AvgIpc) is 2.48.